The molecular formula is C17H25ClN2O3. The van der Waals surface area contributed by atoms with Crippen LogP contribution in [0.25, 0.3) is 0 Å². The van der Waals surface area contributed by atoms with Crippen molar-refractivity contribution in [1.82, 2.24) is 5.32 Å². The van der Waals surface area contributed by atoms with Crippen LogP contribution in [0, 0.1) is 0 Å². The molecule has 1 fully saturated rings. The van der Waals surface area contributed by atoms with Crippen LogP contribution >= 0.6 is 12.4 Å². The first-order valence-corrected chi connectivity index (χ1v) is 8.04. The number of hydrogen-bond acceptors (Lipinski definition) is 4. The Morgan fingerprint density at radius 1 is 1.26 bits per heavy atom. The van der Waals surface area contributed by atoms with Crippen LogP contribution in [0.5, 0.6) is 11.5 Å². The van der Waals surface area contributed by atoms with Gasteiger partial charge in [-0.05, 0) is 37.5 Å². The maximum Gasteiger partial charge on any atom is 0.236 e. The quantitative estimate of drug-likeness (QED) is 0.883. The summed E-state index contributed by atoms with van der Waals surface area (Å²) in [7, 11) is 0. The molecule has 128 valence electrons. The van der Waals surface area contributed by atoms with Gasteiger partial charge in [-0.1, -0.05) is 25.3 Å². The lowest BCUT2D eigenvalue weighted by molar-refractivity contribution is -0.122. The van der Waals surface area contributed by atoms with Gasteiger partial charge in [-0.3, -0.25) is 4.79 Å². The van der Waals surface area contributed by atoms with Gasteiger partial charge in [0.25, 0.3) is 0 Å². The summed E-state index contributed by atoms with van der Waals surface area (Å²) in [6, 6.07) is 5.68. The highest BCUT2D eigenvalue weighted by atomic mass is 35.5. The number of carbonyl (C=O) groups excluding carboxylic acids is 1. The number of benzene rings is 1. The first-order valence-electron chi connectivity index (χ1n) is 8.04. The molecule has 5 nitrogen and oxygen atoms in total. The first-order chi connectivity index (χ1) is 10.6. The van der Waals surface area contributed by atoms with Gasteiger partial charge in [0.2, 0.25) is 12.7 Å². The minimum atomic E-state index is -0.475. The van der Waals surface area contributed by atoms with Crippen LogP contribution in [0.15, 0.2) is 18.2 Å². The highest BCUT2D eigenvalue weighted by Crippen LogP contribution is 2.43. The number of carbonyl (C=O) groups is 1. The summed E-state index contributed by atoms with van der Waals surface area (Å²) in [5, 5.41) is 3.02. The molecule has 0 radical (unpaired) electrons. The van der Waals surface area contributed by atoms with Gasteiger partial charge in [0, 0.05) is 12.0 Å². The van der Waals surface area contributed by atoms with E-state index < -0.39 is 6.04 Å². The van der Waals surface area contributed by atoms with Crippen molar-refractivity contribution in [2.45, 2.75) is 50.5 Å². The number of nitrogens with two attached hydrogens (primary N) is 1. The predicted octanol–water partition coefficient (Wildman–Crippen LogP) is 2.50. The van der Waals surface area contributed by atoms with E-state index in [2.05, 4.69) is 17.4 Å². The van der Waals surface area contributed by atoms with E-state index in [0.717, 1.165) is 24.3 Å². The number of nitrogens with one attached hydrogen (secondary N) is 1. The van der Waals surface area contributed by atoms with Gasteiger partial charge in [0.1, 0.15) is 0 Å². The summed E-state index contributed by atoms with van der Waals surface area (Å²) in [5.41, 5.74) is 6.86. The molecule has 1 amide bonds. The summed E-state index contributed by atoms with van der Waals surface area (Å²) in [6.45, 7) is 2.63. The predicted molar refractivity (Wildman–Crippen MR) is 91.2 cm³/mol. The van der Waals surface area contributed by atoms with Crippen molar-refractivity contribution >= 4 is 18.3 Å². The molecule has 0 unspecified atom stereocenters. The lowest BCUT2D eigenvalue weighted by Crippen LogP contribution is -2.46. The minimum Gasteiger partial charge on any atom is -0.454 e. The zero-order chi connectivity index (χ0) is 15.6. The van der Waals surface area contributed by atoms with Crippen molar-refractivity contribution in [2.75, 3.05) is 13.3 Å². The van der Waals surface area contributed by atoms with Crippen molar-refractivity contribution in [3.63, 3.8) is 0 Å². The molecule has 1 aliphatic carbocycles. The molecule has 0 aromatic heterocycles. The molecule has 1 aliphatic heterocycles. The number of ether oxygens (including phenoxy) is 2. The van der Waals surface area contributed by atoms with Crippen LogP contribution < -0.4 is 20.5 Å². The SMILES string of the molecule is C[C@H](N)C(=O)NCC1(c2ccc3c(c2)OCO3)CCCCC1.Cl. The monoisotopic (exact) mass is 340 g/mol. The fraction of sp³-hybridized carbons (Fsp3) is 0.588. The molecule has 3 N–H and O–H groups in total. The fourth-order valence-electron chi connectivity index (χ4n) is 3.44. The van der Waals surface area contributed by atoms with Crippen LogP contribution in [0.1, 0.15) is 44.6 Å². The van der Waals surface area contributed by atoms with E-state index in [-0.39, 0.29) is 30.5 Å². The largest absolute Gasteiger partial charge is 0.454 e. The summed E-state index contributed by atoms with van der Waals surface area (Å²) in [5.74, 6) is 1.51. The Bertz CT molecular complexity index is 557. The van der Waals surface area contributed by atoms with E-state index in [1.165, 1.54) is 24.8 Å². The summed E-state index contributed by atoms with van der Waals surface area (Å²) in [4.78, 5) is 11.9. The fourth-order valence-corrected chi connectivity index (χ4v) is 3.44. The molecule has 0 bridgehead atoms. The standard InChI is InChI=1S/C17H24N2O3.ClH/c1-12(18)16(20)19-10-17(7-3-2-4-8-17)13-5-6-14-15(9-13)22-11-21-14;/h5-6,9,12H,2-4,7-8,10-11,18H2,1H3,(H,19,20);1H/t12-;/m0./s1. The second-order valence-electron chi connectivity index (χ2n) is 6.42. The third kappa shape index (κ3) is 3.72. The molecular weight excluding hydrogens is 316 g/mol. The molecule has 3 rings (SSSR count). The van der Waals surface area contributed by atoms with Crippen LogP contribution in [-0.2, 0) is 10.2 Å². The summed E-state index contributed by atoms with van der Waals surface area (Å²) < 4.78 is 10.9. The van der Waals surface area contributed by atoms with Crippen molar-refractivity contribution < 1.29 is 14.3 Å². The second kappa shape index (κ2) is 7.41. The van der Waals surface area contributed by atoms with E-state index in [0.29, 0.717) is 6.54 Å². The lowest BCUT2D eigenvalue weighted by atomic mass is 9.69. The zero-order valence-electron chi connectivity index (χ0n) is 13.5. The third-order valence-corrected chi connectivity index (χ3v) is 4.81. The smallest absolute Gasteiger partial charge is 0.236 e. The van der Waals surface area contributed by atoms with Crippen LogP contribution in [-0.4, -0.2) is 25.3 Å². The molecule has 1 atom stereocenters. The van der Waals surface area contributed by atoms with Gasteiger partial charge >= 0.3 is 0 Å². The Kier molecular flexibility index (Phi) is 5.76. The molecule has 1 aromatic rings. The lowest BCUT2D eigenvalue weighted by Gasteiger charge is -2.38. The Labute approximate surface area is 143 Å². The zero-order valence-corrected chi connectivity index (χ0v) is 14.3. The van der Waals surface area contributed by atoms with Crippen molar-refractivity contribution in [2.24, 2.45) is 5.73 Å². The van der Waals surface area contributed by atoms with E-state index in [4.69, 9.17) is 15.2 Å². The average molecular weight is 341 g/mol. The normalized spacial score (nSPS) is 19.6. The molecule has 6 heteroatoms. The Hall–Kier alpha value is -1.46. The molecule has 0 saturated heterocycles. The number of amides is 1. The van der Waals surface area contributed by atoms with E-state index >= 15 is 0 Å². The van der Waals surface area contributed by atoms with Crippen LogP contribution in [0.2, 0.25) is 0 Å². The van der Waals surface area contributed by atoms with Gasteiger partial charge in [-0.2, -0.15) is 0 Å². The Morgan fingerprint density at radius 3 is 2.65 bits per heavy atom. The van der Waals surface area contributed by atoms with E-state index in [1.54, 1.807) is 6.92 Å². The summed E-state index contributed by atoms with van der Waals surface area (Å²) >= 11 is 0. The second-order valence-corrected chi connectivity index (χ2v) is 6.42. The van der Waals surface area contributed by atoms with Crippen molar-refractivity contribution in [3.05, 3.63) is 23.8 Å². The maximum absolute atomic E-state index is 11.9. The minimum absolute atomic E-state index is 0. The van der Waals surface area contributed by atoms with Gasteiger partial charge < -0.3 is 20.5 Å². The number of halogens is 1. The van der Waals surface area contributed by atoms with Crippen LogP contribution in [0.3, 0.4) is 0 Å². The Balaban J connectivity index is 0.00000192. The van der Waals surface area contributed by atoms with Crippen molar-refractivity contribution in [3.8, 4) is 11.5 Å². The van der Waals surface area contributed by atoms with Gasteiger partial charge in [-0.25, -0.2) is 0 Å². The molecule has 0 spiro atoms. The Morgan fingerprint density at radius 2 is 1.96 bits per heavy atom. The highest BCUT2D eigenvalue weighted by Gasteiger charge is 2.35. The van der Waals surface area contributed by atoms with Crippen LogP contribution in [0.4, 0.5) is 0 Å². The maximum atomic E-state index is 11.9. The third-order valence-electron chi connectivity index (χ3n) is 4.81. The van der Waals surface area contributed by atoms with E-state index in [9.17, 15) is 4.79 Å². The number of fused-ring (bicyclic) bond motifs is 1. The molecule has 1 aromatic carbocycles. The van der Waals surface area contributed by atoms with Gasteiger partial charge in [-0.15, -0.1) is 12.4 Å². The molecule has 23 heavy (non-hydrogen) atoms. The number of hydrogen-bond donors (Lipinski definition) is 2. The highest BCUT2D eigenvalue weighted by molar-refractivity contribution is 5.85. The first kappa shape index (κ1) is 17.9. The van der Waals surface area contributed by atoms with Gasteiger partial charge in [0.15, 0.2) is 11.5 Å². The molecule has 1 saturated carbocycles. The molecule has 1 heterocycles. The molecule has 2 aliphatic rings. The van der Waals surface area contributed by atoms with Crippen molar-refractivity contribution in [1.29, 1.82) is 0 Å². The van der Waals surface area contributed by atoms with Gasteiger partial charge in [0.05, 0.1) is 6.04 Å². The number of rotatable bonds is 4. The average Bonchev–Trinajstić information content (AvgIpc) is 3.01. The summed E-state index contributed by atoms with van der Waals surface area (Å²) in [6.07, 6.45) is 5.77. The van der Waals surface area contributed by atoms with E-state index in [1.807, 2.05) is 6.07 Å². The topological polar surface area (TPSA) is 73.6 Å².